The van der Waals surface area contributed by atoms with Crippen molar-refractivity contribution in [1.29, 1.82) is 0 Å². The normalized spacial score (nSPS) is 10.8. The van der Waals surface area contributed by atoms with Crippen molar-refractivity contribution in [1.82, 2.24) is 20.2 Å². The first-order valence-electron chi connectivity index (χ1n) is 6.50. The molecule has 0 fully saturated rings. The van der Waals surface area contributed by atoms with Crippen molar-refractivity contribution >= 4 is 5.69 Å². The molecule has 0 atom stereocenters. The van der Waals surface area contributed by atoms with Gasteiger partial charge in [-0.2, -0.15) is 0 Å². The van der Waals surface area contributed by atoms with Crippen LogP contribution in [0, 0.1) is 12.7 Å². The van der Waals surface area contributed by atoms with Gasteiger partial charge in [-0.25, -0.2) is 9.07 Å². The monoisotopic (exact) mass is 283 g/mol. The summed E-state index contributed by atoms with van der Waals surface area (Å²) in [4.78, 5) is 0. The minimum absolute atomic E-state index is 0.342. The number of anilines is 1. The summed E-state index contributed by atoms with van der Waals surface area (Å²) in [5.74, 6) is 0.0802. The fourth-order valence-electron chi connectivity index (χ4n) is 2.13. The highest BCUT2D eigenvalue weighted by molar-refractivity contribution is 5.61. The second-order valence-corrected chi connectivity index (χ2v) is 4.92. The maximum absolute atomic E-state index is 13.5. The molecule has 5 nitrogen and oxygen atoms in total. The van der Waals surface area contributed by atoms with E-state index in [4.69, 9.17) is 5.73 Å². The molecule has 1 aromatic heterocycles. The molecule has 3 aromatic rings. The Labute approximate surface area is 121 Å². The van der Waals surface area contributed by atoms with Crippen LogP contribution in [0.3, 0.4) is 0 Å². The van der Waals surface area contributed by atoms with Crippen molar-refractivity contribution < 1.29 is 4.39 Å². The van der Waals surface area contributed by atoms with E-state index in [1.165, 1.54) is 17.7 Å². The summed E-state index contributed by atoms with van der Waals surface area (Å²) in [6, 6.07) is 12.4. The van der Waals surface area contributed by atoms with Gasteiger partial charge in [0.15, 0.2) is 5.82 Å². The zero-order valence-corrected chi connectivity index (χ0v) is 11.5. The van der Waals surface area contributed by atoms with Crippen LogP contribution in [0.5, 0.6) is 0 Å². The quantitative estimate of drug-likeness (QED) is 0.749. The van der Waals surface area contributed by atoms with Crippen LogP contribution in [0.15, 0.2) is 42.5 Å². The summed E-state index contributed by atoms with van der Waals surface area (Å²) >= 11 is 0. The van der Waals surface area contributed by atoms with Crippen molar-refractivity contribution in [3.8, 4) is 11.4 Å². The van der Waals surface area contributed by atoms with Crippen LogP contribution in [0.1, 0.15) is 11.1 Å². The second-order valence-electron chi connectivity index (χ2n) is 4.92. The molecule has 2 N–H and O–H groups in total. The Morgan fingerprint density at radius 3 is 2.62 bits per heavy atom. The van der Waals surface area contributed by atoms with E-state index in [0.29, 0.717) is 23.6 Å². The van der Waals surface area contributed by atoms with Crippen molar-refractivity contribution in [3.05, 3.63) is 59.4 Å². The number of tetrazole rings is 1. The first-order valence-corrected chi connectivity index (χ1v) is 6.50. The number of aryl methyl sites for hydroxylation is 1. The molecular weight excluding hydrogens is 269 g/mol. The van der Waals surface area contributed by atoms with Crippen molar-refractivity contribution in [2.45, 2.75) is 13.5 Å². The zero-order valence-electron chi connectivity index (χ0n) is 11.5. The van der Waals surface area contributed by atoms with Crippen LogP contribution in [0.25, 0.3) is 11.4 Å². The van der Waals surface area contributed by atoms with E-state index in [9.17, 15) is 4.39 Å². The lowest BCUT2D eigenvalue weighted by atomic mass is 10.1. The van der Waals surface area contributed by atoms with Gasteiger partial charge in [0.25, 0.3) is 0 Å². The molecule has 0 radical (unpaired) electrons. The van der Waals surface area contributed by atoms with E-state index in [0.717, 1.165) is 5.56 Å². The van der Waals surface area contributed by atoms with Gasteiger partial charge < -0.3 is 5.73 Å². The molecule has 0 saturated heterocycles. The minimum Gasteiger partial charge on any atom is -0.399 e. The number of hydrogen-bond donors (Lipinski definition) is 1. The first-order chi connectivity index (χ1) is 10.1. The maximum Gasteiger partial charge on any atom is 0.182 e. The third kappa shape index (κ3) is 2.89. The van der Waals surface area contributed by atoms with Gasteiger partial charge in [-0.15, -0.1) is 5.10 Å². The topological polar surface area (TPSA) is 69.6 Å². The number of rotatable bonds is 3. The third-order valence-electron chi connectivity index (χ3n) is 3.16. The predicted molar refractivity (Wildman–Crippen MR) is 77.9 cm³/mol. The van der Waals surface area contributed by atoms with Crippen LogP contribution in [-0.4, -0.2) is 20.2 Å². The summed E-state index contributed by atoms with van der Waals surface area (Å²) in [7, 11) is 0. The highest BCUT2D eigenvalue weighted by atomic mass is 19.1. The zero-order chi connectivity index (χ0) is 14.8. The van der Waals surface area contributed by atoms with Gasteiger partial charge in [-0.1, -0.05) is 29.8 Å². The van der Waals surface area contributed by atoms with Gasteiger partial charge in [-0.3, -0.25) is 0 Å². The van der Waals surface area contributed by atoms with E-state index >= 15 is 0 Å². The SMILES string of the molecule is Cc1ccc(Cn2nnnc2-c2cc(N)cc(F)c2)cc1. The van der Waals surface area contributed by atoms with Gasteiger partial charge >= 0.3 is 0 Å². The average molecular weight is 283 g/mol. The summed E-state index contributed by atoms with van der Waals surface area (Å²) in [6.07, 6.45) is 0. The molecule has 6 heteroatoms. The minimum atomic E-state index is -0.408. The molecule has 21 heavy (non-hydrogen) atoms. The number of aromatic nitrogens is 4. The number of nitrogens with zero attached hydrogens (tertiary/aromatic N) is 4. The largest absolute Gasteiger partial charge is 0.399 e. The Bertz CT molecular complexity index is 744. The Balaban J connectivity index is 1.95. The Morgan fingerprint density at radius 2 is 1.90 bits per heavy atom. The Hall–Kier alpha value is -2.76. The number of nitrogen functional groups attached to an aromatic ring is 1. The predicted octanol–water partition coefficient (Wildman–Crippen LogP) is 2.42. The molecule has 0 spiro atoms. The van der Waals surface area contributed by atoms with Crippen molar-refractivity contribution in [2.24, 2.45) is 0 Å². The van der Waals surface area contributed by atoms with Gasteiger partial charge in [0, 0.05) is 11.3 Å². The molecule has 0 amide bonds. The lowest BCUT2D eigenvalue weighted by molar-refractivity contribution is 0.627. The van der Waals surface area contributed by atoms with E-state index in [1.54, 1.807) is 10.7 Å². The Morgan fingerprint density at radius 1 is 1.14 bits per heavy atom. The lowest BCUT2D eigenvalue weighted by Gasteiger charge is -2.06. The number of benzene rings is 2. The third-order valence-corrected chi connectivity index (χ3v) is 3.16. The standard InChI is InChI=1S/C15H14FN5/c1-10-2-4-11(5-3-10)9-21-15(18-19-20-21)12-6-13(16)8-14(17)7-12/h2-8H,9,17H2,1H3. The molecule has 2 aromatic carbocycles. The molecular formula is C15H14FN5. The summed E-state index contributed by atoms with van der Waals surface area (Å²) < 4.78 is 15.1. The van der Waals surface area contributed by atoms with Crippen LogP contribution in [0.2, 0.25) is 0 Å². The number of halogens is 1. The van der Waals surface area contributed by atoms with Gasteiger partial charge in [0.2, 0.25) is 0 Å². The van der Waals surface area contributed by atoms with Crippen LogP contribution < -0.4 is 5.73 Å². The van der Waals surface area contributed by atoms with E-state index in [2.05, 4.69) is 15.5 Å². The number of hydrogen-bond acceptors (Lipinski definition) is 4. The molecule has 0 bridgehead atoms. The number of nitrogens with two attached hydrogens (primary N) is 1. The molecule has 1 heterocycles. The molecule has 106 valence electrons. The van der Waals surface area contributed by atoms with Gasteiger partial charge in [0.1, 0.15) is 5.82 Å². The Kier molecular flexibility index (Phi) is 3.35. The van der Waals surface area contributed by atoms with E-state index < -0.39 is 5.82 Å². The van der Waals surface area contributed by atoms with Gasteiger partial charge in [0.05, 0.1) is 6.54 Å². The van der Waals surface area contributed by atoms with E-state index in [1.807, 2.05) is 31.2 Å². The second kappa shape index (κ2) is 5.32. The maximum atomic E-state index is 13.5. The lowest BCUT2D eigenvalue weighted by Crippen LogP contribution is -2.05. The summed E-state index contributed by atoms with van der Waals surface area (Å²) in [5, 5.41) is 11.6. The van der Waals surface area contributed by atoms with Gasteiger partial charge in [-0.05, 0) is 41.1 Å². The van der Waals surface area contributed by atoms with Crippen LogP contribution in [-0.2, 0) is 6.54 Å². The van der Waals surface area contributed by atoms with Crippen LogP contribution >= 0.6 is 0 Å². The molecule has 0 aliphatic heterocycles. The molecule has 0 unspecified atom stereocenters. The molecule has 0 aliphatic rings. The fraction of sp³-hybridized carbons (Fsp3) is 0.133. The molecule has 0 aliphatic carbocycles. The van der Waals surface area contributed by atoms with Crippen molar-refractivity contribution in [3.63, 3.8) is 0 Å². The molecule has 0 saturated carbocycles. The van der Waals surface area contributed by atoms with E-state index in [-0.39, 0.29) is 0 Å². The highest BCUT2D eigenvalue weighted by Crippen LogP contribution is 2.21. The fourth-order valence-corrected chi connectivity index (χ4v) is 2.13. The molecule has 3 rings (SSSR count). The smallest absolute Gasteiger partial charge is 0.182 e. The van der Waals surface area contributed by atoms with Crippen LogP contribution in [0.4, 0.5) is 10.1 Å². The average Bonchev–Trinajstić information content (AvgIpc) is 2.88. The van der Waals surface area contributed by atoms with Crippen molar-refractivity contribution in [2.75, 3.05) is 5.73 Å². The first kappa shape index (κ1) is 13.2. The highest BCUT2D eigenvalue weighted by Gasteiger charge is 2.11. The summed E-state index contributed by atoms with van der Waals surface area (Å²) in [6.45, 7) is 2.54. The summed E-state index contributed by atoms with van der Waals surface area (Å²) in [5.41, 5.74) is 8.83.